The second-order valence-corrected chi connectivity index (χ2v) is 6.45. The van der Waals surface area contributed by atoms with Crippen molar-refractivity contribution in [3.05, 3.63) is 4.88 Å². The Balaban J connectivity index is 1.77. The first-order valence-electron chi connectivity index (χ1n) is 7.60. The lowest BCUT2D eigenvalue weighted by molar-refractivity contribution is 0.0958. The molecule has 1 aliphatic carbocycles. The average molecular weight is 311 g/mol. The maximum Gasteiger partial charge on any atom is 0.265 e. The van der Waals surface area contributed by atoms with Crippen molar-refractivity contribution in [3.8, 4) is 0 Å². The normalized spacial score (nSPS) is 14.2. The molecule has 2 rings (SSSR count). The molecule has 1 saturated carbocycles. The lowest BCUT2D eigenvalue weighted by atomic mass is 10.4. The van der Waals surface area contributed by atoms with E-state index in [0.29, 0.717) is 17.2 Å². The monoisotopic (exact) mass is 311 g/mol. The van der Waals surface area contributed by atoms with Gasteiger partial charge in [0.25, 0.3) is 5.91 Å². The van der Waals surface area contributed by atoms with E-state index in [9.17, 15) is 4.79 Å². The summed E-state index contributed by atoms with van der Waals surface area (Å²) in [7, 11) is 1.97. The van der Waals surface area contributed by atoms with Gasteiger partial charge in [-0.1, -0.05) is 18.3 Å². The molecule has 0 radical (unpaired) electrons. The van der Waals surface area contributed by atoms with Crippen LogP contribution < -0.4 is 21.3 Å². The van der Waals surface area contributed by atoms with Crippen molar-refractivity contribution in [1.29, 1.82) is 0 Å². The summed E-state index contributed by atoms with van der Waals surface area (Å²) in [5, 5.41) is 7.13. The molecule has 1 aromatic rings. The zero-order valence-corrected chi connectivity index (χ0v) is 13.6. The molecule has 7 heteroatoms. The molecule has 6 nitrogen and oxygen atoms in total. The first-order chi connectivity index (χ1) is 10.1. The van der Waals surface area contributed by atoms with Gasteiger partial charge in [-0.25, -0.2) is 4.98 Å². The third kappa shape index (κ3) is 4.86. The number of hydrogen-bond acceptors (Lipinski definition) is 6. The second-order valence-electron chi connectivity index (χ2n) is 5.47. The molecule has 1 aromatic heterocycles. The van der Waals surface area contributed by atoms with Crippen LogP contribution in [0.3, 0.4) is 0 Å². The fraction of sp³-hybridized carbons (Fsp3) is 0.714. The Labute approximate surface area is 130 Å². The number of rotatable bonds is 9. The number of carbonyl (C=O) groups is 1. The molecule has 0 atom stereocenters. The van der Waals surface area contributed by atoms with Crippen molar-refractivity contribution in [1.82, 2.24) is 15.6 Å². The van der Waals surface area contributed by atoms with Crippen molar-refractivity contribution >= 4 is 28.2 Å². The molecule has 0 saturated heterocycles. The van der Waals surface area contributed by atoms with Gasteiger partial charge in [0.15, 0.2) is 5.13 Å². The van der Waals surface area contributed by atoms with Gasteiger partial charge in [-0.05, 0) is 32.2 Å². The molecule has 0 spiro atoms. The van der Waals surface area contributed by atoms with Gasteiger partial charge in [0.2, 0.25) is 0 Å². The lowest BCUT2D eigenvalue weighted by Gasteiger charge is -2.13. The summed E-state index contributed by atoms with van der Waals surface area (Å²) in [4.78, 5) is 18.9. The number of nitrogen functional groups attached to an aromatic ring is 1. The molecule has 1 amide bonds. The van der Waals surface area contributed by atoms with Crippen LogP contribution in [0.4, 0.5) is 10.9 Å². The minimum Gasteiger partial charge on any atom is -0.382 e. The molecule has 1 aliphatic rings. The predicted molar refractivity (Wildman–Crippen MR) is 88.1 cm³/mol. The molecular weight excluding hydrogens is 286 g/mol. The third-order valence-electron chi connectivity index (χ3n) is 3.38. The SMILES string of the molecule is CCCN(C)c1nc(N)c(C(=O)NCCCNC2CC2)s1. The molecule has 0 bridgehead atoms. The summed E-state index contributed by atoms with van der Waals surface area (Å²) in [6.07, 6.45) is 4.55. The van der Waals surface area contributed by atoms with E-state index in [1.54, 1.807) is 0 Å². The summed E-state index contributed by atoms with van der Waals surface area (Å²) in [5.74, 6) is 0.208. The number of amides is 1. The topological polar surface area (TPSA) is 83.3 Å². The van der Waals surface area contributed by atoms with Crippen molar-refractivity contribution in [2.45, 2.75) is 38.6 Å². The number of hydrogen-bond donors (Lipinski definition) is 3. The zero-order valence-electron chi connectivity index (χ0n) is 12.8. The molecule has 21 heavy (non-hydrogen) atoms. The number of aromatic nitrogens is 1. The van der Waals surface area contributed by atoms with E-state index in [1.807, 2.05) is 11.9 Å². The molecule has 1 fully saturated rings. The van der Waals surface area contributed by atoms with Gasteiger partial charge in [0, 0.05) is 26.2 Å². The molecule has 0 unspecified atom stereocenters. The van der Waals surface area contributed by atoms with Gasteiger partial charge >= 0.3 is 0 Å². The number of nitrogens with two attached hydrogens (primary N) is 1. The number of nitrogens with one attached hydrogen (secondary N) is 2. The van der Waals surface area contributed by atoms with Crippen molar-refractivity contribution in [3.63, 3.8) is 0 Å². The summed E-state index contributed by atoms with van der Waals surface area (Å²) in [5.41, 5.74) is 5.85. The number of thiazole rings is 1. The quantitative estimate of drug-likeness (QED) is 0.601. The van der Waals surface area contributed by atoms with Crippen LogP contribution in [0.15, 0.2) is 0 Å². The van der Waals surface area contributed by atoms with E-state index >= 15 is 0 Å². The van der Waals surface area contributed by atoms with Crippen LogP contribution in [0, 0.1) is 0 Å². The Hall–Kier alpha value is -1.34. The Morgan fingerprint density at radius 1 is 1.48 bits per heavy atom. The maximum absolute atomic E-state index is 12.1. The van der Waals surface area contributed by atoms with Gasteiger partial charge in [-0.15, -0.1) is 0 Å². The average Bonchev–Trinajstić information content (AvgIpc) is 3.19. The summed E-state index contributed by atoms with van der Waals surface area (Å²) in [6.45, 7) is 4.63. The Morgan fingerprint density at radius 2 is 2.24 bits per heavy atom. The van der Waals surface area contributed by atoms with Gasteiger partial charge in [-0.3, -0.25) is 4.79 Å². The van der Waals surface area contributed by atoms with E-state index in [-0.39, 0.29) is 5.91 Å². The van der Waals surface area contributed by atoms with Gasteiger partial charge < -0.3 is 21.3 Å². The highest BCUT2D eigenvalue weighted by Crippen LogP contribution is 2.27. The zero-order chi connectivity index (χ0) is 15.2. The molecule has 0 aromatic carbocycles. The fourth-order valence-electron chi connectivity index (χ4n) is 2.04. The Kier molecular flexibility index (Phi) is 5.81. The number of nitrogens with zero attached hydrogens (tertiary/aromatic N) is 2. The molecule has 0 aliphatic heterocycles. The largest absolute Gasteiger partial charge is 0.382 e. The minimum absolute atomic E-state index is 0.118. The first-order valence-corrected chi connectivity index (χ1v) is 8.42. The highest BCUT2D eigenvalue weighted by atomic mass is 32.1. The van der Waals surface area contributed by atoms with E-state index in [0.717, 1.165) is 37.1 Å². The van der Waals surface area contributed by atoms with Crippen molar-refractivity contribution in [2.75, 3.05) is 37.3 Å². The van der Waals surface area contributed by atoms with Crippen LogP contribution in [-0.4, -0.2) is 43.6 Å². The Morgan fingerprint density at radius 3 is 2.90 bits per heavy atom. The third-order valence-corrected chi connectivity index (χ3v) is 4.57. The van der Waals surface area contributed by atoms with Crippen molar-refractivity contribution in [2.24, 2.45) is 0 Å². The van der Waals surface area contributed by atoms with Crippen molar-refractivity contribution < 1.29 is 4.79 Å². The molecular formula is C14H25N5OS. The highest BCUT2D eigenvalue weighted by Gasteiger charge is 2.20. The lowest BCUT2D eigenvalue weighted by Crippen LogP contribution is -2.27. The van der Waals surface area contributed by atoms with E-state index in [2.05, 4.69) is 22.5 Å². The molecule has 4 N–H and O–H groups in total. The highest BCUT2D eigenvalue weighted by molar-refractivity contribution is 7.18. The number of anilines is 2. The van der Waals surface area contributed by atoms with Crippen LogP contribution in [0.1, 0.15) is 42.3 Å². The van der Waals surface area contributed by atoms with Crippen LogP contribution in [0.2, 0.25) is 0 Å². The predicted octanol–water partition coefficient (Wildman–Crippen LogP) is 1.44. The summed E-state index contributed by atoms with van der Waals surface area (Å²) in [6, 6.07) is 0.717. The smallest absolute Gasteiger partial charge is 0.265 e. The summed E-state index contributed by atoms with van der Waals surface area (Å²) < 4.78 is 0. The first kappa shape index (κ1) is 16.0. The van der Waals surface area contributed by atoms with Crippen LogP contribution in [0.5, 0.6) is 0 Å². The van der Waals surface area contributed by atoms with E-state index in [4.69, 9.17) is 5.73 Å². The van der Waals surface area contributed by atoms with E-state index < -0.39 is 0 Å². The summed E-state index contributed by atoms with van der Waals surface area (Å²) >= 11 is 1.36. The second kappa shape index (κ2) is 7.61. The molecule has 1 heterocycles. The van der Waals surface area contributed by atoms with Gasteiger partial charge in [-0.2, -0.15) is 0 Å². The van der Waals surface area contributed by atoms with Gasteiger partial charge in [0.1, 0.15) is 10.7 Å². The van der Waals surface area contributed by atoms with Crippen LogP contribution in [-0.2, 0) is 0 Å². The minimum atomic E-state index is -0.118. The molecule has 118 valence electrons. The van der Waals surface area contributed by atoms with Crippen LogP contribution in [0.25, 0.3) is 0 Å². The van der Waals surface area contributed by atoms with E-state index in [1.165, 1.54) is 24.2 Å². The number of carbonyl (C=O) groups excluding carboxylic acids is 1. The van der Waals surface area contributed by atoms with Crippen LogP contribution >= 0.6 is 11.3 Å². The Bertz CT molecular complexity index is 472. The fourth-order valence-corrected chi connectivity index (χ4v) is 2.93. The standard InChI is InChI=1S/C14H25N5OS/c1-3-9-19(2)14-18-12(15)11(21-14)13(20)17-8-4-7-16-10-5-6-10/h10,16H,3-9,15H2,1-2H3,(H,17,20). The van der Waals surface area contributed by atoms with Gasteiger partial charge in [0.05, 0.1) is 0 Å². The maximum atomic E-state index is 12.1.